The Hall–Kier alpha value is -0.970. The second-order valence-electron chi connectivity index (χ2n) is 4.32. The Bertz CT molecular complexity index is 299. The molecule has 0 bridgehead atoms. The molecular formula is C13H21N3O. The molecule has 1 aliphatic heterocycles. The standard InChI is InChI=1S/C13H21N3O/c1-2-13(12-15-4-1)3-5-14-6-7-16-8-10-17-11-9-16/h1-2,4,12,14H,3,5-11H2. The Kier molecular flexibility index (Phi) is 5.42. The summed E-state index contributed by atoms with van der Waals surface area (Å²) in [5.41, 5.74) is 1.30. The number of hydrogen-bond donors (Lipinski definition) is 1. The van der Waals surface area contributed by atoms with Gasteiger partial charge in [-0.1, -0.05) is 6.07 Å². The third kappa shape index (κ3) is 4.81. The third-order valence-electron chi connectivity index (χ3n) is 3.02. The van der Waals surface area contributed by atoms with Crippen LogP contribution in [-0.4, -0.2) is 55.8 Å². The zero-order chi connectivity index (χ0) is 11.8. The van der Waals surface area contributed by atoms with Crippen molar-refractivity contribution in [3.05, 3.63) is 30.1 Å². The lowest BCUT2D eigenvalue weighted by atomic mass is 10.2. The van der Waals surface area contributed by atoms with E-state index in [1.54, 1.807) is 0 Å². The number of hydrogen-bond acceptors (Lipinski definition) is 4. The molecule has 94 valence electrons. The fourth-order valence-electron chi connectivity index (χ4n) is 1.97. The van der Waals surface area contributed by atoms with Gasteiger partial charge in [0.25, 0.3) is 0 Å². The number of nitrogens with zero attached hydrogens (tertiary/aromatic N) is 2. The summed E-state index contributed by atoms with van der Waals surface area (Å²) in [6.45, 7) is 7.12. The van der Waals surface area contributed by atoms with Crippen molar-refractivity contribution in [3.63, 3.8) is 0 Å². The molecule has 1 saturated heterocycles. The summed E-state index contributed by atoms with van der Waals surface area (Å²) in [6, 6.07) is 4.11. The average Bonchev–Trinajstić information content (AvgIpc) is 2.41. The highest BCUT2D eigenvalue weighted by atomic mass is 16.5. The van der Waals surface area contributed by atoms with Crippen LogP contribution in [-0.2, 0) is 11.2 Å². The molecule has 0 radical (unpaired) electrons. The second kappa shape index (κ2) is 7.37. The zero-order valence-corrected chi connectivity index (χ0v) is 10.3. The normalized spacial score (nSPS) is 17.2. The quantitative estimate of drug-likeness (QED) is 0.731. The Morgan fingerprint density at radius 1 is 1.29 bits per heavy atom. The van der Waals surface area contributed by atoms with Crippen molar-refractivity contribution < 1.29 is 4.74 Å². The molecule has 0 unspecified atom stereocenters. The summed E-state index contributed by atoms with van der Waals surface area (Å²) in [5.74, 6) is 0. The van der Waals surface area contributed by atoms with E-state index in [9.17, 15) is 0 Å². The lowest BCUT2D eigenvalue weighted by Crippen LogP contribution is -2.40. The maximum atomic E-state index is 5.32. The summed E-state index contributed by atoms with van der Waals surface area (Å²) >= 11 is 0. The summed E-state index contributed by atoms with van der Waals surface area (Å²) < 4.78 is 5.32. The molecule has 0 spiro atoms. The lowest BCUT2D eigenvalue weighted by molar-refractivity contribution is 0.0385. The number of aromatic nitrogens is 1. The van der Waals surface area contributed by atoms with Gasteiger partial charge in [0, 0.05) is 38.6 Å². The highest BCUT2D eigenvalue weighted by Gasteiger charge is 2.08. The van der Waals surface area contributed by atoms with Crippen molar-refractivity contribution in [1.82, 2.24) is 15.2 Å². The van der Waals surface area contributed by atoms with Crippen molar-refractivity contribution in [1.29, 1.82) is 0 Å². The van der Waals surface area contributed by atoms with Gasteiger partial charge in [0.15, 0.2) is 0 Å². The topological polar surface area (TPSA) is 37.4 Å². The van der Waals surface area contributed by atoms with E-state index in [0.29, 0.717) is 0 Å². The predicted molar refractivity (Wildman–Crippen MR) is 68.1 cm³/mol. The Morgan fingerprint density at radius 2 is 2.18 bits per heavy atom. The SMILES string of the molecule is c1cncc(CCNCCN2CCOCC2)c1. The summed E-state index contributed by atoms with van der Waals surface area (Å²) in [5, 5.41) is 3.47. The monoisotopic (exact) mass is 235 g/mol. The van der Waals surface area contributed by atoms with Crippen LogP contribution >= 0.6 is 0 Å². The maximum Gasteiger partial charge on any atom is 0.0594 e. The van der Waals surface area contributed by atoms with Crippen molar-refractivity contribution in [2.24, 2.45) is 0 Å². The molecule has 4 nitrogen and oxygen atoms in total. The van der Waals surface area contributed by atoms with Crippen LogP contribution in [0.15, 0.2) is 24.5 Å². The van der Waals surface area contributed by atoms with Crippen LogP contribution in [0.25, 0.3) is 0 Å². The average molecular weight is 235 g/mol. The van der Waals surface area contributed by atoms with E-state index in [-0.39, 0.29) is 0 Å². The first-order chi connectivity index (χ1) is 8.45. The van der Waals surface area contributed by atoms with E-state index in [1.165, 1.54) is 5.56 Å². The molecule has 1 aromatic rings. The van der Waals surface area contributed by atoms with Crippen molar-refractivity contribution in [3.8, 4) is 0 Å². The van der Waals surface area contributed by atoms with Crippen LogP contribution in [0.3, 0.4) is 0 Å². The predicted octanol–water partition coefficient (Wildman–Crippen LogP) is 0.546. The number of ether oxygens (including phenoxy) is 1. The largest absolute Gasteiger partial charge is 0.379 e. The van der Waals surface area contributed by atoms with Gasteiger partial charge in [-0.05, 0) is 24.6 Å². The van der Waals surface area contributed by atoms with Gasteiger partial charge >= 0.3 is 0 Å². The second-order valence-corrected chi connectivity index (χ2v) is 4.32. The fourth-order valence-corrected chi connectivity index (χ4v) is 1.97. The van der Waals surface area contributed by atoms with E-state index in [1.807, 2.05) is 18.5 Å². The summed E-state index contributed by atoms with van der Waals surface area (Å²) in [7, 11) is 0. The van der Waals surface area contributed by atoms with Crippen LogP contribution in [0.2, 0.25) is 0 Å². The lowest BCUT2D eigenvalue weighted by Gasteiger charge is -2.26. The van der Waals surface area contributed by atoms with Gasteiger partial charge in [-0.2, -0.15) is 0 Å². The van der Waals surface area contributed by atoms with Gasteiger partial charge < -0.3 is 10.1 Å². The number of nitrogens with one attached hydrogen (secondary N) is 1. The first-order valence-electron chi connectivity index (χ1n) is 6.35. The van der Waals surface area contributed by atoms with Crippen LogP contribution in [0, 0.1) is 0 Å². The minimum absolute atomic E-state index is 0.885. The Balaban J connectivity index is 1.51. The number of pyridine rings is 1. The van der Waals surface area contributed by atoms with Gasteiger partial charge in [0.1, 0.15) is 0 Å². The highest BCUT2D eigenvalue weighted by molar-refractivity contribution is 5.08. The minimum atomic E-state index is 0.885. The van der Waals surface area contributed by atoms with Gasteiger partial charge in [-0.15, -0.1) is 0 Å². The summed E-state index contributed by atoms with van der Waals surface area (Å²) in [4.78, 5) is 6.55. The Labute approximate surface area is 103 Å². The van der Waals surface area contributed by atoms with Crippen LogP contribution in [0.1, 0.15) is 5.56 Å². The molecule has 1 fully saturated rings. The van der Waals surface area contributed by atoms with E-state index in [0.717, 1.165) is 52.4 Å². The van der Waals surface area contributed by atoms with Crippen molar-refractivity contribution >= 4 is 0 Å². The van der Waals surface area contributed by atoms with Crippen molar-refractivity contribution in [2.45, 2.75) is 6.42 Å². The van der Waals surface area contributed by atoms with Gasteiger partial charge in [0.2, 0.25) is 0 Å². The van der Waals surface area contributed by atoms with Crippen LogP contribution < -0.4 is 5.32 Å². The smallest absolute Gasteiger partial charge is 0.0594 e. The van der Waals surface area contributed by atoms with Crippen LogP contribution in [0.5, 0.6) is 0 Å². The van der Waals surface area contributed by atoms with Crippen LogP contribution in [0.4, 0.5) is 0 Å². The summed E-state index contributed by atoms with van der Waals surface area (Å²) in [6.07, 6.45) is 4.80. The van der Waals surface area contributed by atoms with E-state index < -0.39 is 0 Å². The first-order valence-corrected chi connectivity index (χ1v) is 6.35. The maximum absolute atomic E-state index is 5.32. The molecule has 4 heteroatoms. The molecule has 0 atom stereocenters. The Morgan fingerprint density at radius 3 is 2.94 bits per heavy atom. The molecule has 17 heavy (non-hydrogen) atoms. The highest BCUT2D eigenvalue weighted by Crippen LogP contribution is 1.96. The number of rotatable bonds is 6. The molecule has 0 amide bonds. The van der Waals surface area contributed by atoms with Gasteiger partial charge in [0.05, 0.1) is 13.2 Å². The van der Waals surface area contributed by atoms with E-state index in [4.69, 9.17) is 4.74 Å². The molecule has 1 aromatic heterocycles. The van der Waals surface area contributed by atoms with E-state index >= 15 is 0 Å². The molecule has 1 N–H and O–H groups in total. The molecule has 2 rings (SSSR count). The fraction of sp³-hybridized carbons (Fsp3) is 0.615. The van der Waals surface area contributed by atoms with Gasteiger partial charge in [-0.25, -0.2) is 0 Å². The molecule has 1 aliphatic rings. The number of morpholine rings is 1. The molecular weight excluding hydrogens is 214 g/mol. The molecule has 0 aromatic carbocycles. The van der Waals surface area contributed by atoms with E-state index in [2.05, 4.69) is 21.3 Å². The third-order valence-corrected chi connectivity index (χ3v) is 3.02. The molecule has 0 aliphatic carbocycles. The van der Waals surface area contributed by atoms with Crippen molar-refractivity contribution in [2.75, 3.05) is 45.9 Å². The minimum Gasteiger partial charge on any atom is -0.379 e. The first kappa shape index (κ1) is 12.5. The zero-order valence-electron chi connectivity index (χ0n) is 10.3. The molecule has 2 heterocycles. The molecule has 0 saturated carbocycles. The van der Waals surface area contributed by atoms with Gasteiger partial charge in [-0.3, -0.25) is 9.88 Å².